The van der Waals surface area contributed by atoms with Crippen molar-refractivity contribution in [2.45, 2.75) is 20.3 Å². The molecule has 0 fully saturated rings. The van der Waals surface area contributed by atoms with Crippen LogP contribution >= 0.6 is 0 Å². The highest BCUT2D eigenvalue weighted by Crippen LogP contribution is 2.28. The number of methoxy groups -OCH3 is 1. The zero-order chi connectivity index (χ0) is 14.2. The molecule has 5 nitrogen and oxygen atoms in total. The smallest absolute Gasteiger partial charge is 0.319 e. The summed E-state index contributed by atoms with van der Waals surface area (Å²) in [6.45, 7) is 3.05. The molecule has 1 amide bonds. The van der Waals surface area contributed by atoms with Crippen molar-refractivity contribution < 1.29 is 19.1 Å². The first-order valence-corrected chi connectivity index (χ1v) is 5.92. The number of hydrogen-bond acceptors (Lipinski definition) is 4. The largest absolute Gasteiger partial charge is 0.468 e. The number of ketones is 1. The number of Topliss-reactive ketones (excluding diaryl/α,β-unsaturated/α-hetero) is 1. The topological polar surface area (TPSA) is 72.5 Å². The molecular formula is C14H15NO4. The van der Waals surface area contributed by atoms with Gasteiger partial charge in [-0.2, -0.15) is 0 Å². The number of ether oxygens (including phenoxy) is 1. The van der Waals surface area contributed by atoms with E-state index >= 15 is 0 Å². The first kappa shape index (κ1) is 13.3. The van der Waals surface area contributed by atoms with Gasteiger partial charge in [-0.05, 0) is 37.6 Å². The minimum Gasteiger partial charge on any atom is -0.468 e. The van der Waals surface area contributed by atoms with Gasteiger partial charge in [-0.25, -0.2) is 0 Å². The SMILES string of the molecule is COC(=O)C(C)(C)C(=O)c1ccc2c(c1)CC(=O)N2. The van der Waals surface area contributed by atoms with Crippen molar-refractivity contribution in [3.63, 3.8) is 0 Å². The lowest BCUT2D eigenvalue weighted by atomic mass is 9.84. The van der Waals surface area contributed by atoms with E-state index in [0.717, 1.165) is 11.3 Å². The number of amides is 1. The Morgan fingerprint density at radius 1 is 1.32 bits per heavy atom. The highest BCUT2D eigenvalue weighted by molar-refractivity contribution is 6.12. The van der Waals surface area contributed by atoms with Crippen molar-refractivity contribution >= 4 is 23.3 Å². The van der Waals surface area contributed by atoms with Crippen LogP contribution in [0.25, 0.3) is 0 Å². The first-order valence-electron chi connectivity index (χ1n) is 5.92. The number of rotatable bonds is 3. The molecule has 0 aromatic heterocycles. The molecule has 0 saturated heterocycles. The maximum atomic E-state index is 12.3. The van der Waals surface area contributed by atoms with Gasteiger partial charge >= 0.3 is 5.97 Å². The Bertz CT molecular complexity index is 575. The fourth-order valence-corrected chi connectivity index (χ4v) is 2.08. The van der Waals surface area contributed by atoms with E-state index in [9.17, 15) is 14.4 Å². The molecule has 0 radical (unpaired) electrons. The van der Waals surface area contributed by atoms with Crippen molar-refractivity contribution in [3.05, 3.63) is 29.3 Å². The van der Waals surface area contributed by atoms with Crippen molar-refractivity contribution in [3.8, 4) is 0 Å². The Morgan fingerprint density at radius 2 is 2.00 bits per heavy atom. The first-order chi connectivity index (χ1) is 8.86. The van der Waals surface area contributed by atoms with Crippen LogP contribution < -0.4 is 5.32 Å². The van der Waals surface area contributed by atoms with Crippen LogP contribution in [-0.4, -0.2) is 24.8 Å². The lowest BCUT2D eigenvalue weighted by Gasteiger charge is -2.20. The highest BCUT2D eigenvalue weighted by atomic mass is 16.5. The lowest BCUT2D eigenvalue weighted by molar-refractivity contribution is -0.147. The molecule has 100 valence electrons. The Hall–Kier alpha value is -2.17. The van der Waals surface area contributed by atoms with Crippen LogP contribution in [0.4, 0.5) is 5.69 Å². The van der Waals surface area contributed by atoms with Crippen molar-refractivity contribution in [2.24, 2.45) is 5.41 Å². The van der Waals surface area contributed by atoms with Crippen LogP contribution in [0.5, 0.6) is 0 Å². The van der Waals surface area contributed by atoms with E-state index in [4.69, 9.17) is 0 Å². The van der Waals surface area contributed by atoms with Crippen LogP contribution in [0.15, 0.2) is 18.2 Å². The van der Waals surface area contributed by atoms with Gasteiger partial charge in [0.2, 0.25) is 5.91 Å². The van der Waals surface area contributed by atoms with Gasteiger partial charge in [-0.1, -0.05) is 0 Å². The molecule has 1 N–H and O–H groups in total. The second kappa shape index (κ2) is 4.50. The highest BCUT2D eigenvalue weighted by Gasteiger charge is 2.38. The maximum absolute atomic E-state index is 12.3. The van der Waals surface area contributed by atoms with Gasteiger partial charge in [-0.3, -0.25) is 14.4 Å². The third-order valence-corrected chi connectivity index (χ3v) is 3.26. The van der Waals surface area contributed by atoms with Crippen molar-refractivity contribution in [1.29, 1.82) is 0 Å². The number of anilines is 1. The number of hydrogen-bond donors (Lipinski definition) is 1. The van der Waals surface area contributed by atoms with Gasteiger partial charge in [0.15, 0.2) is 5.78 Å². The number of fused-ring (bicyclic) bond motifs is 1. The number of carbonyl (C=O) groups excluding carboxylic acids is 3. The van der Waals surface area contributed by atoms with Crippen LogP contribution in [0.3, 0.4) is 0 Å². The van der Waals surface area contributed by atoms with Crippen LogP contribution in [-0.2, 0) is 20.7 Å². The van der Waals surface area contributed by atoms with E-state index in [2.05, 4.69) is 10.1 Å². The van der Waals surface area contributed by atoms with Gasteiger partial charge in [0.05, 0.1) is 13.5 Å². The van der Waals surface area contributed by atoms with E-state index in [1.807, 2.05) is 0 Å². The minimum atomic E-state index is -1.24. The molecule has 1 aliphatic heterocycles. The summed E-state index contributed by atoms with van der Waals surface area (Å²) in [5.41, 5.74) is 0.665. The zero-order valence-electron chi connectivity index (χ0n) is 11.1. The maximum Gasteiger partial charge on any atom is 0.319 e. The molecule has 1 aliphatic rings. The molecular weight excluding hydrogens is 246 g/mol. The Labute approximate surface area is 110 Å². The summed E-state index contributed by atoms with van der Waals surface area (Å²) in [5, 5.41) is 2.69. The molecule has 1 aromatic carbocycles. The fraction of sp³-hybridized carbons (Fsp3) is 0.357. The fourth-order valence-electron chi connectivity index (χ4n) is 2.08. The molecule has 1 heterocycles. The van der Waals surface area contributed by atoms with Gasteiger partial charge in [0.1, 0.15) is 5.41 Å². The van der Waals surface area contributed by atoms with Crippen molar-refractivity contribution in [1.82, 2.24) is 0 Å². The molecule has 0 saturated carbocycles. The minimum absolute atomic E-state index is 0.0909. The van der Waals surface area contributed by atoms with Gasteiger partial charge in [0.25, 0.3) is 0 Å². The van der Waals surface area contributed by atoms with Gasteiger partial charge < -0.3 is 10.1 Å². The van der Waals surface area contributed by atoms with Crippen LogP contribution in [0.2, 0.25) is 0 Å². The summed E-state index contributed by atoms with van der Waals surface area (Å²) in [7, 11) is 1.25. The summed E-state index contributed by atoms with van der Waals surface area (Å²) < 4.78 is 4.64. The molecule has 5 heteroatoms. The van der Waals surface area contributed by atoms with E-state index in [1.165, 1.54) is 21.0 Å². The average molecular weight is 261 g/mol. The standard InChI is InChI=1S/C14H15NO4/c1-14(2,13(18)19-3)12(17)8-4-5-10-9(6-8)7-11(16)15-10/h4-6H,7H2,1-3H3,(H,15,16). The van der Waals surface area contributed by atoms with Gasteiger partial charge in [0, 0.05) is 11.3 Å². The molecule has 1 aromatic rings. The van der Waals surface area contributed by atoms with E-state index in [-0.39, 0.29) is 18.1 Å². The predicted octanol–water partition coefficient (Wildman–Crippen LogP) is 1.56. The van der Waals surface area contributed by atoms with E-state index < -0.39 is 11.4 Å². The molecule has 0 aliphatic carbocycles. The summed E-state index contributed by atoms with van der Waals surface area (Å²) in [4.78, 5) is 35.2. The lowest BCUT2D eigenvalue weighted by Crippen LogP contribution is -2.34. The molecule has 0 spiro atoms. The third kappa shape index (κ3) is 2.23. The Morgan fingerprint density at radius 3 is 2.63 bits per heavy atom. The molecule has 0 bridgehead atoms. The number of esters is 1. The average Bonchev–Trinajstić information content (AvgIpc) is 2.75. The number of benzene rings is 1. The summed E-state index contributed by atoms with van der Waals surface area (Å²) >= 11 is 0. The monoisotopic (exact) mass is 261 g/mol. The van der Waals surface area contributed by atoms with Crippen LogP contribution in [0.1, 0.15) is 29.8 Å². The third-order valence-electron chi connectivity index (χ3n) is 3.26. The molecule has 19 heavy (non-hydrogen) atoms. The summed E-state index contributed by atoms with van der Waals surface area (Å²) in [6, 6.07) is 4.94. The molecule has 2 rings (SSSR count). The van der Waals surface area contributed by atoms with E-state index in [0.29, 0.717) is 5.56 Å². The number of nitrogens with one attached hydrogen (secondary N) is 1. The second-order valence-corrected chi connectivity index (χ2v) is 5.04. The predicted molar refractivity (Wildman–Crippen MR) is 68.9 cm³/mol. The van der Waals surface area contributed by atoms with E-state index in [1.54, 1.807) is 18.2 Å². The van der Waals surface area contributed by atoms with Gasteiger partial charge in [-0.15, -0.1) is 0 Å². The normalized spacial score (nSPS) is 13.7. The summed E-state index contributed by atoms with van der Waals surface area (Å²) in [5.74, 6) is -0.986. The molecule has 0 atom stereocenters. The number of carbonyl (C=O) groups is 3. The summed E-state index contributed by atoms with van der Waals surface area (Å²) in [6.07, 6.45) is 0.259. The van der Waals surface area contributed by atoms with Crippen LogP contribution in [0, 0.1) is 5.41 Å². The quantitative estimate of drug-likeness (QED) is 0.509. The van der Waals surface area contributed by atoms with Crippen molar-refractivity contribution in [2.75, 3.05) is 12.4 Å². The second-order valence-electron chi connectivity index (χ2n) is 5.04. The Kier molecular flexibility index (Phi) is 3.14. The zero-order valence-corrected chi connectivity index (χ0v) is 11.1. The molecule has 0 unspecified atom stereocenters. The Balaban J connectivity index is 2.34.